The van der Waals surface area contributed by atoms with Crippen LogP contribution in [-0.2, 0) is 16.1 Å². The van der Waals surface area contributed by atoms with Gasteiger partial charge in [0.1, 0.15) is 10.8 Å². The number of benzene rings is 1. The van der Waals surface area contributed by atoms with Crippen molar-refractivity contribution in [2.45, 2.75) is 6.92 Å². The molecule has 90 valence electrons. The second-order valence-corrected chi connectivity index (χ2v) is 5.42. The Bertz CT molecular complexity index is 600. The fourth-order valence-electron chi connectivity index (χ4n) is 1.69. The quantitative estimate of drug-likeness (QED) is 0.652. The van der Waals surface area contributed by atoms with Gasteiger partial charge in [-0.15, -0.1) is 0 Å². The molecule has 6 heteroatoms. The standard InChI is InChI=1S/C11H13N2O3P/c1-3-16-17(14,15)11-8-13(2)12-10-7-5-4-6-9(10)11/h4-8H,3H2,1-2H3/p+1. The van der Waals surface area contributed by atoms with Crippen molar-refractivity contribution in [1.29, 1.82) is 0 Å². The Kier molecular flexibility index (Phi) is 3.24. The molecule has 0 aliphatic heterocycles. The number of fused-ring (bicyclic) bond motifs is 1. The smallest absolute Gasteiger partial charge is 0.321 e. The fourth-order valence-corrected chi connectivity index (χ4v) is 2.99. The second kappa shape index (κ2) is 4.53. The average molecular weight is 253 g/mol. The van der Waals surface area contributed by atoms with E-state index in [9.17, 15) is 9.46 Å². The third-order valence-corrected chi connectivity index (χ3v) is 3.94. The summed E-state index contributed by atoms with van der Waals surface area (Å²) >= 11 is 0. The molecule has 2 rings (SSSR count). The molecule has 0 aliphatic rings. The van der Waals surface area contributed by atoms with Crippen molar-refractivity contribution in [3.63, 3.8) is 0 Å². The summed E-state index contributed by atoms with van der Waals surface area (Å²) in [5.74, 6) is 0. The number of aryl methyl sites for hydroxylation is 1. The molecule has 1 aromatic carbocycles. The van der Waals surface area contributed by atoms with E-state index in [1.54, 1.807) is 32.2 Å². The van der Waals surface area contributed by atoms with Gasteiger partial charge in [-0.3, -0.25) is 4.57 Å². The van der Waals surface area contributed by atoms with Crippen LogP contribution in [0, 0.1) is 0 Å². The van der Waals surface area contributed by atoms with Crippen LogP contribution >= 0.6 is 7.60 Å². The lowest BCUT2D eigenvalue weighted by Gasteiger charge is -2.10. The predicted molar refractivity (Wildman–Crippen MR) is 64.0 cm³/mol. The van der Waals surface area contributed by atoms with E-state index in [0.717, 1.165) is 0 Å². The van der Waals surface area contributed by atoms with Crippen LogP contribution in [0.1, 0.15) is 6.92 Å². The molecule has 2 aromatic rings. The van der Waals surface area contributed by atoms with E-state index < -0.39 is 7.60 Å². The maximum Gasteiger partial charge on any atom is 0.365 e. The van der Waals surface area contributed by atoms with Gasteiger partial charge in [0, 0.05) is 5.39 Å². The van der Waals surface area contributed by atoms with Gasteiger partial charge in [0.2, 0.25) is 6.20 Å². The van der Waals surface area contributed by atoms with Gasteiger partial charge in [-0.1, -0.05) is 22.9 Å². The summed E-state index contributed by atoms with van der Waals surface area (Å²) in [6, 6.07) is 7.20. The summed E-state index contributed by atoms with van der Waals surface area (Å²) in [6.45, 7) is 1.88. The highest BCUT2D eigenvalue weighted by Crippen LogP contribution is 2.41. The van der Waals surface area contributed by atoms with Crippen LogP contribution in [0.5, 0.6) is 0 Å². The Morgan fingerprint density at radius 1 is 1.47 bits per heavy atom. The van der Waals surface area contributed by atoms with Crippen molar-refractivity contribution in [2.24, 2.45) is 7.05 Å². The highest BCUT2D eigenvalue weighted by atomic mass is 31.2. The zero-order chi connectivity index (χ0) is 12.5. The zero-order valence-electron chi connectivity index (χ0n) is 9.70. The lowest BCUT2D eigenvalue weighted by atomic mass is 10.2. The molecule has 0 amide bonds. The molecule has 0 saturated heterocycles. The van der Waals surface area contributed by atoms with Gasteiger partial charge in [0.25, 0.3) is 0 Å². The molecule has 0 saturated carbocycles. The van der Waals surface area contributed by atoms with E-state index in [1.165, 1.54) is 10.9 Å². The molecule has 0 fully saturated rings. The van der Waals surface area contributed by atoms with Gasteiger partial charge in [-0.05, 0) is 18.1 Å². The summed E-state index contributed by atoms with van der Waals surface area (Å²) in [5.41, 5.74) is 0.668. The molecule has 1 unspecified atom stereocenters. The maximum atomic E-state index is 12.1. The van der Waals surface area contributed by atoms with Crippen molar-refractivity contribution in [2.75, 3.05) is 6.61 Å². The summed E-state index contributed by atoms with van der Waals surface area (Å²) in [6.07, 6.45) is 1.53. The number of aromatic nitrogens is 2. The first kappa shape index (κ1) is 12.2. The molecule has 5 nitrogen and oxygen atoms in total. The van der Waals surface area contributed by atoms with Crippen molar-refractivity contribution < 1.29 is 18.7 Å². The highest BCUT2D eigenvalue weighted by molar-refractivity contribution is 7.61. The Balaban J connectivity index is 2.72. The summed E-state index contributed by atoms with van der Waals surface area (Å²) in [5, 5.41) is 5.17. The molecule has 0 spiro atoms. The fraction of sp³-hybridized carbons (Fsp3) is 0.273. The van der Waals surface area contributed by atoms with Crippen LogP contribution in [0.4, 0.5) is 0 Å². The van der Waals surface area contributed by atoms with Gasteiger partial charge in [-0.2, -0.15) is 0 Å². The molecule has 17 heavy (non-hydrogen) atoms. The number of hydrogen-bond donors (Lipinski definition) is 1. The zero-order valence-corrected chi connectivity index (χ0v) is 10.6. The topological polar surface area (TPSA) is 63.3 Å². The molecule has 0 bridgehead atoms. The van der Waals surface area contributed by atoms with Crippen LogP contribution < -0.4 is 9.99 Å². The van der Waals surface area contributed by atoms with Crippen molar-refractivity contribution in [1.82, 2.24) is 5.10 Å². The average Bonchev–Trinajstić information content (AvgIpc) is 2.27. The summed E-state index contributed by atoms with van der Waals surface area (Å²) < 4.78 is 18.5. The van der Waals surface area contributed by atoms with Crippen LogP contribution in [0.25, 0.3) is 10.9 Å². The molecule has 1 N–H and O–H groups in total. The number of nitrogens with zero attached hydrogens (tertiary/aromatic N) is 2. The SMILES string of the molecule is CCOP(=O)(O)c1c[n+](C)nc2ccccc12. The van der Waals surface area contributed by atoms with Crippen molar-refractivity contribution >= 4 is 23.8 Å². The van der Waals surface area contributed by atoms with E-state index >= 15 is 0 Å². The van der Waals surface area contributed by atoms with Gasteiger partial charge in [0.15, 0.2) is 7.05 Å². The molecule has 0 radical (unpaired) electrons. The van der Waals surface area contributed by atoms with Crippen molar-refractivity contribution in [3.05, 3.63) is 30.5 Å². The van der Waals surface area contributed by atoms with Gasteiger partial charge in [0.05, 0.1) is 6.61 Å². The highest BCUT2D eigenvalue weighted by Gasteiger charge is 2.28. The van der Waals surface area contributed by atoms with E-state index in [-0.39, 0.29) is 11.9 Å². The monoisotopic (exact) mass is 253 g/mol. The lowest BCUT2D eigenvalue weighted by Crippen LogP contribution is -2.36. The van der Waals surface area contributed by atoms with Crippen LogP contribution in [0.15, 0.2) is 30.5 Å². The number of hydrogen-bond acceptors (Lipinski definition) is 3. The van der Waals surface area contributed by atoms with E-state index in [0.29, 0.717) is 10.9 Å². The lowest BCUT2D eigenvalue weighted by molar-refractivity contribution is -0.727. The largest absolute Gasteiger partial charge is 0.365 e. The third kappa shape index (κ3) is 2.36. The van der Waals surface area contributed by atoms with E-state index in [4.69, 9.17) is 4.52 Å². The summed E-state index contributed by atoms with van der Waals surface area (Å²) in [4.78, 5) is 9.90. The predicted octanol–water partition coefficient (Wildman–Crippen LogP) is 0.906. The molecular weight excluding hydrogens is 239 g/mol. The Labute approximate surface area is 99.2 Å². The Hall–Kier alpha value is -1.29. The molecular formula is C11H14N2O3P+. The molecule has 1 aromatic heterocycles. The van der Waals surface area contributed by atoms with E-state index in [1.807, 2.05) is 6.07 Å². The van der Waals surface area contributed by atoms with Gasteiger partial charge in [-0.25, -0.2) is 0 Å². The van der Waals surface area contributed by atoms with E-state index in [2.05, 4.69) is 5.10 Å². The van der Waals surface area contributed by atoms with Crippen molar-refractivity contribution in [3.8, 4) is 0 Å². The normalized spacial score (nSPS) is 14.8. The van der Waals surface area contributed by atoms with Crippen LogP contribution in [0.3, 0.4) is 0 Å². The maximum absolute atomic E-state index is 12.1. The summed E-state index contributed by atoms with van der Waals surface area (Å²) in [7, 11) is -2.07. The van der Waals surface area contributed by atoms with Gasteiger partial charge < -0.3 is 9.42 Å². The molecule has 1 atom stereocenters. The Morgan fingerprint density at radius 3 is 2.88 bits per heavy atom. The third-order valence-electron chi connectivity index (χ3n) is 2.36. The minimum Gasteiger partial charge on any atom is -0.321 e. The molecule has 1 heterocycles. The number of rotatable bonds is 3. The first-order valence-electron chi connectivity index (χ1n) is 5.28. The minimum atomic E-state index is -3.78. The van der Waals surface area contributed by atoms with Gasteiger partial charge >= 0.3 is 7.60 Å². The second-order valence-electron chi connectivity index (χ2n) is 3.64. The molecule has 0 aliphatic carbocycles. The first-order valence-corrected chi connectivity index (χ1v) is 6.86. The minimum absolute atomic E-state index is 0.189. The van der Waals surface area contributed by atoms with Crippen LogP contribution in [0.2, 0.25) is 0 Å². The van der Waals surface area contributed by atoms with Crippen LogP contribution in [-0.4, -0.2) is 16.6 Å². The first-order chi connectivity index (χ1) is 8.04. The Morgan fingerprint density at radius 2 is 2.18 bits per heavy atom.